The molecule has 0 bridgehead atoms. The molecular formula is C19H13Br2N3O. The van der Waals surface area contributed by atoms with Crippen molar-refractivity contribution in [3.05, 3.63) is 63.0 Å². The van der Waals surface area contributed by atoms with Gasteiger partial charge in [0.2, 0.25) is 0 Å². The Bertz CT molecular complexity index is 996. The number of hydrogen-bond acceptors (Lipinski definition) is 4. The number of aromatic nitrogens is 1. The Kier molecular flexibility index (Phi) is 5.07. The van der Waals surface area contributed by atoms with Gasteiger partial charge in [-0.3, -0.25) is 0 Å². The molecule has 3 rings (SSSR count). The maximum absolute atomic E-state index is 9.52. The molecule has 0 radical (unpaired) electrons. The van der Waals surface area contributed by atoms with Crippen molar-refractivity contribution in [1.82, 2.24) is 4.98 Å². The number of nitrogen functional groups attached to an aromatic ring is 1. The van der Waals surface area contributed by atoms with Crippen molar-refractivity contribution in [2.75, 3.05) is 12.8 Å². The van der Waals surface area contributed by atoms with E-state index in [-0.39, 0.29) is 5.82 Å². The highest BCUT2D eigenvalue weighted by atomic mass is 79.9. The molecule has 2 aromatic carbocycles. The number of ether oxygens (including phenoxy) is 1. The first-order chi connectivity index (χ1) is 12.0. The molecule has 0 saturated heterocycles. The summed E-state index contributed by atoms with van der Waals surface area (Å²) in [6, 6.07) is 17.5. The summed E-state index contributed by atoms with van der Waals surface area (Å²) in [6.45, 7) is 0. The van der Waals surface area contributed by atoms with Gasteiger partial charge >= 0.3 is 0 Å². The molecule has 1 heterocycles. The van der Waals surface area contributed by atoms with Crippen molar-refractivity contribution in [3.8, 4) is 34.2 Å². The summed E-state index contributed by atoms with van der Waals surface area (Å²) in [4.78, 5) is 4.40. The van der Waals surface area contributed by atoms with Crippen molar-refractivity contribution in [2.45, 2.75) is 0 Å². The first-order valence-electron chi connectivity index (χ1n) is 7.34. The summed E-state index contributed by atoms with van der Waals surface area (Å²) >= 11 is 6.95. The summed E-state index contributed by atoms with van der Waals surface area (Å²) in [5.41, 5.74) is 9.63. The molecule has 25 heavy (non-hydrogen) atoms. The maximum atomic E-state index is 9.52. The zero-order valence-corrected chi connectivity index (χ0v) is 16.4. The third kappa shape index (κ3) is 3.53. The Morgan fingerprint density at radius 3 is 2.52 bits per heavy atom. The molecule has 0 unspecified atom stereocenters. The van der Waals surface area contributed by atoms with Crippen LogP contribution in [0.3, 0.4) is 0 Å². The van der Waals surface area contributed by atoms with Crippen LogP contribution in [0.15, 0.2) is 57.5 Å². The number of nitriles is 1. The van der Waals surface area contributed by atoms with Crippen molar-refractivity contribution in [2.24, 2.45) is 0 Å². The summed E-state index contributed by atoms with van der Waals surface area (Å²) in [6.07, 6.45) is 0. The van der Waals surface area contributed by atoms with Crippen LogP contribution in [-0.4, -0.2) is 12.1 Å². The van der Waals surface area contributed by atoms with Crippen LogP contribution in [0.25, 0.3) is 22.4 Å². The molecule has 0 saturated carbocycles. The van der Waals surface area contributed by atoms with E-state index in [1.54, 1.807) is 7.11 Å². The first-order valence-corrected chi connectivity index (χ1v) is 8.92. The van der Waals surface area contributed by atoms with E-state index in [4.69, 9.17) is 10.5 Å². The molecule has 3 aromatic rings. The molecule has 1 aromatic heterocycles. The van der Waals surface area contributed by atoms with Crippen LogP contribution in [0, 0.1) is 11.3 Å². The lowest BCUT2D eigenvalue weighted by Gasteiger charge is -2.12. The maximum Gasteiger partial charge on any atom is 0.142 e. The molecule has 124 valence electrons. The number of pyridine rings is 1. The minimum Gasteiger partial charge on any atom is -0.496 e. The smallest absolute Gasteiger partial charge is 0.142 e. The summed E-state index contributed by atoms with van der Waals surface area (Å²) in [5, 5.41) is 9.52. The molecule has 0 aliphatic carbocycles. The van der Waals surface area contributed by atoms with Gasteiger partial charge in [-0.1, -0.05) is 34.1 Å². The van der Waals surface area contributed by atoms with Crippen molar-refractivity contribution in [3.63, 3.8) is 0 Å². The Morgan fingerprint density at radius 2 is 1.88 bits per heavy atom. The van der Waals surface area contributed by atoms with Gasteiger partial charge in [-0.05, 0) is 51.8 Å². The minimum absolute atomic E-state index is 0.210. The standard InChI is InChI=1S/C19H13Br2N3O/c1-25-18-6-5-11(8-16(18)21)14-9-17(24-19(23)15(14)10-22)12-3-2-4-13(20)7-12/h2-9H,1H3,(H2,23,24). The van der Waals surface area contributed by atoms with E-state index < -0.39 is 0 Å². The van der Waals surface area contributed by atoms with Crippen molar-refractivity contribution < 1.29 is 4.74 Å². The Hall–Kier alpha value is -2.36. The zero-order chi connectivity index (χ0) is 18.0. The van der Waals surface area contributed by atoms with Crippen LogP contribution < -0.4 is 10.5 Å². The largest absolute Gasteiger partial charge is 0.496 e. The van der Waals surface area contributed by atoms with E-state index in [1.165, 1.54) is 0 Å². The molecule has 0 fully saturated rings. The quantitative estimate of drug-likeness (QED) is 0.570. The number of nitrogens with two attached hydrogens (primary N) is 1. The van der Waals surface area contributed by atoms with Crippen LogP contribution in [0.1, 0.15) is 5.56 Å². The molecule has 0 amide bonds. The number of halogens is 2. The first kappa shape index (κ1) is 17.5. The number of anilines is 1. The van der Waals surface area contributed by atoms with Gasteiger partial charge in [0.05, 0.1) is 17.3 Å². The number of hydrogen-bond donors (Lipinski definition) is 1. The zero-order valence-electron chi connectivity index (χ0n) is 13.3. The molecule has 0 atom stereocenters. The SMILES string of the molecule is COc1ccc(-c2cc(-c3cccc(Br)c3)nc(N)c2C#N)cc1Br. The molecule has 6 heteroatoms. The van der Waals surface area contributed by atoms with Gasteiger partial charge in [-0.2, -0.15) is 5.26 Å². The minimum atomic E-state index is 0.210. The number of methoxy groups -OCH3 is 1. The Labute approximate surface area is 162 Å². The topological polar surface area (TPSA) is 71.9 Å². The molecule has 0 aliphatic rings. The van der Waals surface area contributed by atoms with E-state index in [0.717, 1.165) is 31.4 Å². The monoisotopic (exact) mass is 457 g/mol. The Morgan fingerprint density at radius 1 is 1.08 bits per heavy atom. The second-order valence-corrected chi connectivity index (χ2v) is 7.06. The van der Waals surface area contributed by atoms with E-state index in [9.17, 15) is 5.26 Å². The van der Waals surface area contributed by atoms with E-state index >= 15 is 0 Å². The van der Waals surface area contributed by atoms with E-state index in [2.05, 4.69) is 42.9 Å². The molecule has 0 aliphatic heterocycles. The normalized spacial score (nSPS) is 10.3. The van der Waals surface area contributed by atoms with Crippen molar-refractivity contribution in [1.29, 1.82) is 5.26 Å². The third-order valence-corrected chi connectivity index (χ3v) is 4.86. The van der Waals surface area contributed by atoms with Gasteiger partial charge in [0, 0.05) is 15.6 Å². The van der Waals surface area contributed by atoms with Gasteiger partial charge < -0.3 is 10.5 Å². The Balaban J connectivity index is 2.22. The van der Waals surface area contributed by atoms with Crippen LogP contribution in [-0.2, 0) is 0 Å². The van der Waals surface area contributed by atoms with Crippen LogP contribution in [0.4, 0.5) is 5.82 Å². The van der Waals surface area contributed by atoms with Crippen molar-refractivity contribution >= 4 is 37.7 Å². The lowest BCUT2D eigenvalue weighted by Crippen LogP contribution is -2.00. The van der Waals surface area contributed by atoms with Gasteiger partial charge in [-0.25, -0.2) is 4.98 Å². The molecule has 2 N–H and O–H groups in total. The molecule has 0 spiro atoms. The lowest BCUT2D eigenvalue weighted by atomic mass is 9.98. The highest BCUT2D eigenvalue weighted by molar-refractivity contribution is 9.10. The number of rotatable bonds is 3. The highest BCUT2D eigenvalue weighted by Gasteiger charge is 2.14. The molecule has 4 nitrogen and oxygen atoms in total. The third-order valence-electron chi connectivity index (χ3n) is 3.74. The average Bonchev–Trinajstić information content (AvgIpc) is 2.61. The van der Waals surface area contributed by atoms with Crippen LogP contribution >= 0.6 is 31.9 Å². The fraction of sp³-hybridized carbons (Fsp3) is 0.0526. The average molecular weight is 459 g/mol. The van der Waals surface area contributed by atoms with E-state index in [1.807, 2.05) is 48.5 Å². The fourth-order valence-electron chi connectivity index (χ4n) is 2.54. The second-order valence-electron chi connectivity index (χ2n) is 5.29. The predicted octanol–water partition coefficient (Wildman–Crippen LogP) is 5.40. The van der Waals surface area contributed by atoms with Crippen LogP contribution in [0.5, 0.6) is 5.75 Å². The summed E-state index contributed by atoms with van der Waals surface area (Å²) < 4.78 is 7.02. The summed E-state index contributed by atoms with van der Waals surface area (Å²) in [7, 11) is 1.61. The summed E-state index contributed by atoms with van der Waals surface area (Å²) in [5.74, 6) is 0.929. The highest BCUT2D eigenvalue weighted by Crippen LogP contribution is 2.35. The van der Waals surface area contributed by atoms with Gasteiger partial charge in [-0.15, -0.1) is 0 Å². The van der Waals surface area contributed by atoms with Gasteiger partial charge in [0.1, 0.15) is 23.2 Å². The second kappa shape index (κ2) is 7.26. The predicted molar refractivity (Wildman–Crippen MR) is 106 cm³/mol. The number of nitrogens with zero attached hydrogens (tertiary/aromatic N) is 2. The van der Waals surface area contributed by atoms with Gasteiger partial charge in [0.25, 0.3) is 0 Å². The number of benzene rings is 2. The van der Waals surface area contributed by atoms with Crippen LogP contribution in [0.2, 0.25) is 0 Å². The van der Waals surface area contributed by atoms with Gasteiger partial charge in [0.15, 0.2) is 0 Å². The molecular weight excluding hydrogens is 446 g/mol. The lowest BCUT2D eigenvalue weighted by molar-refractivity contribution is 0.412. The van der Waals surface area contributed by atoms with E-state index in [0.29, 0.717) is 11.3 Å². The fourth-order valence-corrected chi connectivity index (χ4v) is 3.48.